The van der Waals surface area contributed by atoms with Crippen LogP contribution in [0.5, 0.6) is 5.75 Å². The molecule has 0 saturated carbocycles. The summed E-state index contributed by atoms with van der Waals surface area (Å²) in [6, 6.07) is 21.1. The molecule has 1 heterocycles. The summed E-state index contributed by atoms with van der Waals surface area (Å²) in [6.45, 7) is 0. The van der Waals surface area contributed by atoms with Crippen molar-refractivity contribution in [3.8, 4) is 5.75 Å². The predicted molar refractivity (Wildman–Crippen MR) is 110 cm³/mol. The maximum absolute atomic E-state index is 12.7. The number of amides is 1. The molecule has 4 heteroatoms. The maximum atomic E-state index is 12.7. The Hall–Kier alpha value is -3.04. The fraction of sp³-hybridized carbons (Fsp3) is 0.0870. The Bertz CT molecular complexity index is 1040. The molecule has 1 amide bonds. The Morgan fingerprint density at radius 2 is 1.85 bits per heavy atom. The summed E-state index contributed by atoms with van der Waals surface area (Å²) in [7, 11) is 1.65. The number of nitrogens with one attached hydrogen (secondary N) is 1. The van der Waals surface area contributed by atoms with Gasteiger partial charge in [-0.05, 0) is 53.1 Å². The number of anilines is 1. The van der Waals surface area contributed by atoms with Crippen molar-refractivity contribution in [3.63, 3.8) is 0 Å². The zero-order valence-electron chi connectivity index (χ0n) is 14.8. The minimum absolute atomic E-state index is 0.0972. The van der Waals surface area contributed by atoms with Gasteiger partial charge in [-0.1, -0.05) is 54.1 Å². The third-order valence-electron chi connectivity index (χ3n) is 4.71. The Kier molecular flexibility index (Phi) is 4.69. The first-order valence-corrected chi connectivity index (χ1v) is 9.05. The fourth-order valence-electron chi connectivity index (χ4n) is 3.40. The summed E-state index contributed by atoms with van der Waals surface area (Å²) in [5, 5.41) is 3.64. The van der Waals surface area contributed by atoms with Crippen molar-refractivity contribution in [2.45, 2.75) is 5.92 Å². The summed E-state index contributed by atoms with van der Waals surface area (Å²) >= 11 is 6.26. The normalized spacial score (nSPS) is 15.6. The SMILES string of the molecule is COc1cccc(/C=C\C2c3cc(Cl)ccc3NC(=O)c3ccccc32)c1. The molecule has 0 bridgehead atoms. The van der Waals surface area contributed by atoms with Crippen LogP contribution in [0.4, 0.5) is 5.69 Å². The van der Waals surface area contributed by atoms with Crippen LogP contribution in [0, 0.1) is 0 Å². The zero-order chi connectivity index (χ0) is 18.8. The molecule has 0 fully saturated rings. The smallest absolute Gasteiger partial charge is 0.255 e. The highest BCUT2D eigenvalue weighted by molar-refractivity contribution is 6.30. The van der Waals surface area contributed by atoms with E-state index in [1.54, 1.807) is 13.2 Å². The van der Waals surface area contributed by atoms with Gasteiger partial charge in [0.05, 0.1) is 7.11 Å². The quantitative estimate of drug-likeness (QED) is 0.632. The molecule has 27 heavy (non-hydrogen) atoms. The van der Waals surface area contributed by atoms with Crippen molar-refractivity contribution in [3.05, 3.63) is 100 Å². The van der Waals surface area contributed by atoms with E-state index in [2.05, 4.69) is 11.4 Å². The minimum atomic E-state index is -0.105. The number of benzene rings is 3. The molecule has 0 saturated heterocycles. The lowest BCUT2D eigenvalue weighted by atomic mass is 9.87. The Balaban J connectivity index is 1.85. The van der Waals surface area contributed by atoms with Crippen LogP contribution in [0.2, 0.25) is 5.02 Å². The van der Waals surface area contributed by atoms with E-state index in [1.807, 2.05) is 66.7 Å². The molecular weight excluding hydrogens is 358 g/mol. The summed E-state index contributed by atoms with van der Waals surface area (Å²) in [5.41, 5.74) is 4.40. The monoisotopic (exact) mass is 375 g/mol. The zero-order valence-corrected chi connectivity index (χ0v) is 15.5. The van der Waals surface area contributed by atoms with Crippen LogP contribution >= 0.6 is 11.6 Å². The lowest BCUT2D eigenvalue weighted by Gasteiger charge is -2.16. The Labute approximate surface area is 163 Å². The van der Waals surface area contributed by atoms with E-state index < -0.39 is 0 Å². The van der Waals surface area contributed by atoms with Gasteiger partial charge in [0.1, 0.15) is 5.75 Å². The van der Waals surface area contributed by atoms with Crippen molar-refractivity contribution >= 4 is 29.3 Å². The molecule has 4 rings (SSSR count). The molecule has 1 aliphatic heterocycles. The molecular formula is C23H18ClNO2. The highest BCUT2D eigenvalue weighted by Crippen LogP contribution is 2.38. The maximum Gasteiger partial charge on any atom is 0.255 e. The van der Waals surface area contributed by atoms with Crippen molar-refractivity contribution in [2.24, 2.45) is 0 Å². The third kappa shape index (κ3) is 3.46. The van der Waals surface area contributed by atoms with Crippen LogP contribution in [0.3, 0.4) is 0 Å². The van der Waals surface area contributed by atoms with E-state index in [0.717, 1.165) is 28.1 Å². The fourth-order valence-corrected chi connectivity index (χ4v) is 3.58. The number of carbonyl (C=O) groups excluding carboxylic acids is 1. The van der Waals surface area contributed by atoms with Crippen molar-refractivity contribution in [2.75, 3.05) is 12.4 Å². The van der Waals surface area contributed by atoms with Gasteiger partial charge >= 0.3 is 0 Å². The largest absolute Gasteiger partial charge is 0.497 e. The second-order valence-electron chi connectivity index (χ2n) is 6.39. The molecule has 134 valence electrons. The predicted octanol–water partition coefficient (Wildman–Crippen LogP) is 5.76. The van der Waals surface area contributed by atoms with Gasteiger partial charge in [0, 0.05) is 22.2 Å². The number of hydrogen-bond donors (Lipinski definition) is 1. The topological polar surface area (TPSA) is 38.3 Å². The van der Waals surface area contributed by atoms with E-state index in [9.17, 15) is 4.79 Å². The van der Waals surface area contributed by atoms with E-state index >= 15 is 0 Å². The van der Waals surface area contributed by atoms with Crippen LogP contribution in [0.15, 0.2) is 72.8 Å². The molecule has 1 N–H and O–H groups in total. The standard InChI is InChI=1S/C23H18ClNO2/c1-27-17-6-4-5-15(13-17)9-11-19-18-7-2-3-8-20(18)23(26)25-22-12-10-16(24)14-21(19)22/h2-14,19H,1H3,(H,25,26)/b11-9-. The van der Waals surface area contributed by atoms with Gasteiger partial charge in [0.25, 0.3) is 5.91 Å². The van der Waals surface area contributed by atoms with Crippen LogP contribution in [-0.2, 0) is 0 Å². The number of methoxy groups -OCH3 is 1. The first kappa shape index (κ1) is 17.4. The Morgan fingerprint density at radius 3 is 2.70 bits per heavy atom. The molecule has 1 unspecified atom stereocenters. The van der Waals surface area contributed by atoms with Gasteiger partial charge in [0.2, 0.25) is 0 Å². The molecule has 0 radical (unpaired) electrons. The molecule has 3 nitrogen and oxygen atoms in total. The highest BCUT2D eigenvalue weighted by Gasteiger charge is 2.25. The number of rotatable bonds is 3. The lowest BCUT2D eigenvalue weighted by Crippen LogP contribution is -2.11. The van der Waals surface area contributed by atoms with Gasteiger partial charge < -0.3 is 10.1 Å². The van der Waals surface area contributed by atoms with Crippen LogP contribution < -0.4 is 10.1 Å². The summed E-state index contributed by atoms with van der Waals surface area (Å²) in [6.07, 6.45) is 4.15. The van der Waals surface area contributed by atoms with Gasteiger partial charge in [0.15, 0.2) is 0 Å². The van der Waals surface area contributed by atoms with Gasteiger partial charge in [-0.2, -0.15) is 0 Å². The van der Waals surface area contributed by atoms with E-state index in [1.165, 1.54) is 0 Å². The number of hydrogen-bond acceptors (Lipinski definition) is 2. The van der Waals surface area contributed by atoms with Crippen LogP contribution in [0.25, 0.3) is 6.08 Å². The second kappa shape index (κ2) is 7.29. The van der Waals surface area contributed by atoms with Crippen molar-refractivity contribution in [1.82, 2.24) is 0 Å². The average molecular weight is 376 g/mol. The first-order chi connectivity index (χ1) is 13.2. The number of fused-ring (bicyclic) bond motifs is 2. The molecule has 0 spiro atoms. The van der Waals surface area contributed by atoms with Gasteiger partial charge in [-0.15, -0.1) is 0 Å². The van der Waals surface area contributed by atoms with E-state index in [-0.39, 0.29) is 11.8 Å². The molecule has 3 aromatic carbocycles. The molecule has 3 aromatic rings. The first-order valence-electron chi connectivity index (χ1n) is 8.67. The third-order valence-corrected chi connectivity index (χ3v) is 4.95. The minimum Gasteiger partial charge on any atom is -0.497 e. The molecule has 1 aliphatic rings. The summed E-state index contributed by atoms with van der Waals surface area (Å²) < 4.78 is 5.30. The number of carbonyl (C=O) groups is 1. The number of halogens is 1. The average Bonchev–Trinajstić information content (AvgIpc) is 2.81. The van der Waals surface area contributed by atoms with Crippen LogP contribution in [0.1, 0.15) is 33.0 Å². The molecule has 0 aliphatic carbocycles. The Morgan fingerprint density at radius 1 is 1.00 bits per heavy atom. The van der Waals surface area contributed by atoms with Crippen molar-refractivity contribution < 1.29 is 9.53 Å². The van der Waals surface area contributed by atoms with Crippen LogP contribution in [-0.4, -0.2) is 13.0 Å². The number of allylic oxidation sites excluding steroid dienone is 1. The highest BCUT2D eigenvalue weighted by atomic mass is 35.5. The molecule has 1 atom stereocenters. The van der Waals surface area contributed by atoms with Gasteiger partial charge in [-0.25, -0.2) is 0 Å². The molecule has 0 aromatic heterocycles. The number of ether oxygens (including phenoxy) is 1. The van der Waals surface area contributed by atoms with Crippen molar-refractivity contribution in [1.29, 1.82) is 0 Å². The second-order valence-corrected chi connectivity index (χ2v) is 6.82. The lowest BCUT2D eigenvalue weighted by molar-refractivity contribution is 0.102. The summed E-state index contributed by atoms with van der Waals surface area (Å²) in [4.78, 5) is 12.7. The van der Waals surface area contributed by atoms with E-state index in [4.69, 9.17) is 16.3 Å². The van der Waals surface area contributed by atoms with E-state index in [0.29, 0.717) is 10.6 Å². The van der Waals surface area contributed by atoms with Gasteiger partial charge in [-0.3, -0.25) is 4.79 Å². The summed E-state index contributed by atoms with van der Waals surface area (Å²) in [5.74, 6) is 0.602.